The standard InChI is InChI=1S/C22H25F3N2O3S/c1-14-13-15(2)17(4)20(16(14)3)31(29,30)27-11-9-26(10-12-27)21(28)18-7-5-6-8-19(18)22(23,24)25/h5-8,13H,9-12H2,1-4H3. The summed E-state index contributed by atoms with van der Waals surface area (Å²) >= 11 is 0. The van der Waals surface area contributed by atoms with E-state index in [-0.39, 0.29) is 31.1 Å². The van der Waals surface area contributed by atoms with Gasteiger partial charge in [-0.05, 0) is 62.1 Å². The van der Waals surface area contributed by atoms with Crippen molar-refractivity contribution in [3.63, 3.8) is 0 Å². The number of benzene rings is 2. The molecule has 1 amide bonds. The number of amides is 1. The summed E-state index contributed by atoms with van der Waals surface area (Å²) in [5.74, 6) is -0.747. The molecule has 0 saturated carbocycles. The Labute approximate surface area is 180 Å². The fraction of sp³-hybridized carbons (Fsp3) is 0.409. The first-order valence-corrected chi connectivity index (χ1v) is 11.3. The zero-order valence-electron chi connectivity index (χ0n) is 17.9. The van der Waals surface area contributed by atoms with Gasteiger partial charge in [-0.3, -0.25) is 4.79 Å². The highest BCUT2D eigenvalue weighted by Gasteiger charge is 2.38. The number of nitrogens with zero attached hydrogens (tertiary/aromatic N) is 2. The fourth-order valence-electron chi connectivity index (χ4n) is 3.92. The summed E-state index contributed by atoms with van der Waals surface area (Å²) in [5.41, 5.74) is 1.70. The maximum absolute atomic E-state index is 13.3. The maximum atomic E-state index is 13.3. The van der Waals surface area contributed by atoms with Crippen molar-refractivity contribution < 1.29 is 26.4 Å². The van der Waals surface area contributed by atoms with Crippen LogP contribution in [0.5, 0.6) is 0 Å². The number of hydrogen-bond donors (Lipinski definition) is 0. The number of carbonyl (C=O) groups is 1. The lowest BCUT2D eigenvalue weighted by molar-refractivity contribution is -0.138. The molecule has 1 aliphatic heterocycles. The van der Waals surface area contributed by atoms with Crippen molar-refractivity contribution in [2.45, 2.75) is 38.8 Å². The Balaban J connectivity index is 1.83. The summed E-state index contributed by atoms with van der Waals surface area (Å²) in [7, 11) is -3.80. The third kappa shape index (κ3) is 4.34. The Bertz CT molecular complexity index is 1090. The minimum atomic E-state index is -4.64. The van der Waals surface area contributed by atoms with Gasteiger partial charge in [-0.1, -0.05) is 18.2 Å². The van der Waals surface area contributed by atoms with Gasteiger partial charge in [-0.2, -0.15) is 17.5 Å². The van der Waals surface area contributed by atoms with E-state index in [4.69, 9.17) is 0 Å². The summed E-state index contributed by atoms with van der Waals surface area (Å²) in [6.07, 6.45) is -4.64. The molecule has 0 radical (unpaired) electrons. The van der Waals surface area contributed by atoms with E-state index in [9.17, 15) is 26.4 Å². The van der Waals surface area contributed by atoms with E-state index in [0.29, 0.717) is 11.1 Å². The molecule has 1 fully saturated rings. The maximum Gasteiger partial charge on any atom is 0.417 e. The Hall–Kier alpha value is -2.39. The first-order chi connectivity index (χ1) is 14.4. The van der Waals surface area contributed by atoms with Crippen molar-refractivity contribution in [1.29, 1.82) is 0 Å². The minimum absolute atomic E-state index is 0.0210. The number of alkyl halides is 3. The lowest BCUT2D eigenvalue weighted by atomic mass is 10.0. The molecule has 0 unspecified atom stereocenters. The third-order valence-electron chi connectivity index (χ3n) is 5.88. The molecule has 0 spiro atoms. The van der Waals surface area contributed by atoms with Crippen LogP contribution in [-0.2, 0) is 16.2 Å². The van der Waals surface area contributed by atoms with Crippen molar-refractivity contribution in [1.82, 2.24) is 9.21 Å². The predicted molar refractivity (Wildman–Crippen MR) is 111 cm³/mol. The zero-order chi connectivity index (χ0) is 23.1. The SMILES string of the molecule is Cc1cc(C)c(C)c(S(=O)(=O)N2CCN(C(=O)c3ccccc3C(F)(F)F)CC2)c1C. The van der Waals surface area contributed by atoms with Gasteiger partial charge in [0.1, 0.15) is 0 Å². The number of hydrogen-bond acceptors (Lipinski definition) is 3. The largest absolute Gasteiger partial charge is 0.417 e. The van der Waals surface area contributed by atoms with E-state index < -0.39 is 33.2 Å². The van der Waals surface area contributed by atoms with Gasteiger partial charge in [0.25, 0.3) is 5.91 Å². The van der Waals surface area contributed by atoms with Crippen LogP contribution in [-0.4, -0.2) is 49.7 Å². The summed E-state index contributed by atoms with van der Waals surface area (Å²) < 4.78 is 67.8. The molecule has 1 heterocycles. The summed E-state index contributed by atoms with van der Waals surface area (Å²) in [4.78, 5) is 14.3. The smallest absolute Gasteiger partial charge is 0.336 e. The van der Waals surface area contributed by atoms with Crippen molar-refractivity contribution in [2.24, 2.45) is 0 Å². The Kier molecular flexibility index (Phi) is 6.21. The van der Waals surface area contributed by atoms with Crippen LogP contribution in [0.3, 0.4) is 0 Å². The molecule has 1 aliphatic rings. The van der Waals surface area contributed by atoms with Crippen LogP contribution < -0.4 is 0 Å². The molecule has 168 valence electrons. The lowest BCUT2D eigenvalue weighted by Crippen LogP contribution is -2.51. The van der Waals surface area contributed by atoms with Crippen LogP contribution in [0, 0.1) is 27.7 Å². The van der Waals surface area contributed by atoms with Crippen LogP contribution in [0.25, 0.3) is 0 Å². The van der Waals surface area contributed by atoms with Crippen molar-refractivity contribution in [3.8, 4) is 0 Å². The molecule has 0 aliphatic carbocycles. The van der Waals surface area contributed by atoms with E-state index in [1.54, 1.807) is 13.8 Å². The molecule has 1 saturated heterocycles. The Morgan fingerprint density at radius 3 is 1.94 bits per heavy atom. The van der Waals surface area contributed by atoms with E-state index in [0.717, 1.165) is 23.3 Å². The average Bonchev–Trinajstić information content (AvgIpc) is 2.71. The van der Waals surface area contributed by atoms with Gasteiger partial charge in [0.2, 0.25) is 10.0 Å². The van der Waals surface area contributed by atoms with Gasteiger partial charge >= 0.3 is 6.18 Å². The highest BCUT2D eigenvalue weighted by molar-refractivity contribution is 7.89. The second-order valence-corrected chi connectivity index (χ2v) is 9.70. The third-order valence-corrected chi connectivity index (χ3v) is 8.06. The number of piperazine rings is 1. The van der Waals surface area contributed by atoms with Gasteiger partial charge < -0.3 is 4.90 Å². The number of rotatable bonds is 3. The van der Waals surface area contributed by atoms with E-state index in [1.165, 1.54) is 21.3 Å². The number of aryl methyl sites for hydroxylation is 2. The molecular formula is C22H25F3N2O3S. The molecule has 2 aromatic rings. The van der Waals surface area contributed by atoms with Crippen molar-refractivity contribution in [2.75, 3.05) is 26.2 Å². The van der Waals surface area contributed by atoms with Crippen LogP contribution in [0.4, 0.5) is 13.2 Å². The van der Waals surface area contributed by atoms with Gasteiger partial charge in [0.15, 0.2) is 0 Å². The van der Waals surface area contributed by atoms with Crippen LogP contribution in [0.2, 0.25) is 0 Å². The van der Waals surface area contributed by atoms with Crippen molar-refractivity contribution in [3.05, 3.63) is 63.7 Å². The van der Waals surface area contributed by atoms with E-state index in [2.05, 4.69) is 0 Å². The topological polar surface area (TPSA) is 57.7 Å². The van der Waals surface area contributed by atoms with E-state index in [1.807, 2.05) is 19.9 Å². The summed E-state index contributed by atoms with van der Waals surface area (Å²) in [6.45, 7) is 7.33. The first kappa shape index (κ1) is 23.3. The first-order valence-electron chi connectivity index (χ1n) is 9.88. The zero-order valence-corrected chi connectivity index (χ0v) is 18.7. The highest BCUT2D eigenvalue weighted by Crippen LogP contribution is 2.33. The Morgan fingerprint density at radius 2 is 1.42 bits per heavy atom. The van der Waals surface area contributed by atoms with Gasteiger partial charge in [0, 0.05) is 26.2 Å². The normalized spacial score (nSPS) is 15.9. The predicted octanol–water partition coefficient (Wildman–Crippen LogP) is 4.09. The molecule has 0 N–H and O–H groups in total. The second kappa shape index (κ2) is 8.27. The summed E-state index contributed by atoms with van der Waals surface area (Å²) in [5, 5.41) is 0. The van der Waals surface area contributed by atoms with Gasteiger partial charge in [-0.15, -0.1) is 0 Å². The molecule has 0 bridgehead atoms. The molecule has 0 aromatic heterocycles. The monoisotopic (exact) mass is 454 g/mol. The second-order valence-electron chi connectivity index (χ2n) is 7.83. The molecule has 5 nitrogen and oxygen atoms in total. The molecule has 9 heteroatoms. The van der Waals surface area contributed by atoms with Crippen molar-refractivity contribution >= 4 is 15.9 Å². The number of carbonyl (C=O) groups excluding carboxylic acids is 1. The summed E-state index contributed by atoms with van der Waals surface area (Å²) in [6, 6.07) is 6.59. The fourth-order valence-corrected chi connectivity index (χ4v) is 5.91. The average molecular weight is 455 g/mol. The van der Waals surface area contributed by atoms with Gasteiger partial charge in [-0.25, -0.2) is 8.42 Å². The van der Waals surface area contributed by atoms with Gasteiger partial charge in [0.05, 0.1) is 16.0 Å². The van der Waals surface area contributed by atoms with Crippen LogP contribution in [0.15, 0.2) is 35.2 Å². The molecule has 31 heavy (non-hydrogen) atoms. The highest BCUT2D eigenvalue weighted by atomic mass is 32.2. The van der Waals surface area contributed by atoms with Crippen LogP contribution >= 0.6 is 0 Å². The Morgan fingerprint density at radius 1 is 0.903 bits per heavy atom. The van der Waals surface area contributed by atoms with E-state index >= 15 is 0 Å². The quantitative estimate of drug-likeness (QED) is 0.702. The lowest BCUT2D eigenvalue weighted by Gasteiger charge is -2.35. The molecule has 3 rings (SSSR count). The molecular weight excluding hydrogens is 429 g/mol. The number of sulfonamides is 1. The molecule has 2 aromatic carbocycles. The minimum Gasteiger partial charge on any atom is -0.336 e. The number of halogens is 3. The van der Waals surface area contributed by atoms with Crippen LogP contribution in [0.1, 0.15) is 38.2 Å². The molecule has 0 atom stereocenters.